The molecule has 1 aliphatic rings. The molecule has 2 aromatic carbocycles. The van der Waals surface area contributed by atoms with Crippen LogP contribution in [0.2, 0.25) is 0 Å². The fraction of sp³-hybridized carbons (Fsp3) is 0.0556. The molecule has 0 radical (unpaired) electrons. The second kappa shape index (κ2) is 5.49. The molecule has 25 heavy (non-hydrogen) atoms. The van der Waals surface area contributed by atoms with Gasteiger partial charge in [0.05, 0.1) is 16.6 Å². The van der Waals surface area contributed by atoms with Crippen molar-refractivity contribution in [3.8, 4) is 11.6 Å². The monoisotopic (exact) mass is 354 g/mol. The van der Waals surface area contributed by atoms with Crippen LogP contribution >= 0.6 is 11.3 Å². The standard InChI is InChI=1S/C18H11FN2O3S/c1-9-4-2-3-5-13(9)21-17(23)15(25-18(21)24)14-11-8-10(19)6-7-12(11)20-16(14)22/h2-8,23H,1H3. The molecule has 0 saturated carbocycles. The summed E-state index contributed by atoms with van der Waals surface area (Å²) in [4.78, 5) is 28.2. The summed E-state index contributed by atoms with van der Waals surface area (Å²) in [5, 5.41) is 11.2. The number of hydrogen-bond donors (Lipinski definition) is 1. The number of carbonyl (C=O) groups excluding carboxylic acids is 1. The zero-order valence-electron chi connectivity index (χ0n) is 13.0. The predicted octanol–water partition coefficient (Wildman–Crippen LogP) is 1.41. The number of carbonyl (C=O) groups is 1. The van der Waals surface area contributed by atoms with E-state index in [2.05, 4.69) is 4.99 Å². The third kappa shape index (κ3) is 2.32. The maximum atomic E-state index is 13.6. The fourth-order valence-corrected chi connectivity index (χ4v) is 3.79. The van der Waals surface area contributed by atoms with Crippen LogP contribution in [0.4, 0.5) is 4.39 Å². The van der Waals surface area contributed by atoms with Gasteiger partial charge in [0.2, 0.25) is 5.88 Å². The van der Waals surface area contributed by atoms with Gasteiger partial charge < -0.3 is 5.11 Å². The molecule has 0 saturated heterocycles. The zero-order chi connectivity index (χ0) is 17.7. The quantitative estimate of drug-likeness (QED) is 0.756. The van der Waals surface area contributed by atoms with Crippen molar-refractivity contribution in [1.82, 2.24) is 4.57 Å². The first-order valence-corrected chi connectivity index (χ1v) is 8.23. The van der Waals surface area contributed by atoms with Crippen LogP contribution in [0, 0.1) is 12.7 Å². The Hall–Kier alpha value is -3.06. The van der Waals surface area contributed by atoms with Crippen LogP contribution in [0.5, 0.6) is 5.88 Å². The fourth-order valence-electron chi connectivity index (χ4n) is 2.86. The molecule has 0 unspecified atom stereocenters. The summed E-state index contributed by atoms with van der Waals surface area (Å²) in [7, 11) is 0. The number of aromatic hydroxyl groups is 1. The van der Waals surface area contributed by atoms with Crippen molar-refractivity contribution < 1.29 is 14.3 Å². The first kappa shape index (κ1) is 15.5. The lowest BCUT2D eigenvalue weighted by Crippen LogP contribution is -2.23. The molecule has 3 aromatic rings. The van der Waals surface area contributed by atoms with Crippen LogP contribution in [0.3, 0.4) is 0 Å². The van der Waals surface area contributed by atoms with Crippen LogP contribution in [-0.4, -0.2) is 15.6 Å². The van der Waals surface area contributed by atoms with Gasteiger partial charge in [0.15, 0.2) is 0 Å². The number of aryl methyl sites for hydroxylation is 1. The number of aromatic nitrogens is 1. The van der Waals surface area contributed by atoms with Crippen LogP contribution in [-0.2, 0) is 4.79 Å². The van der Waals surface area contributed by atoms with Crippen molar-refractivity contribution in [2.24, 2.45) is 4.99 Å². The maximum Gasteiger partial charge on any atom is 0.315 e. The summed E-state index contributed by atoms with van der Waals surface area (Å²) in [5.74, 6) is -1.47. The number of nitrogens with zero attached hydrogens (tertiary/aromatic N) is 2. The van der Waals surface area contributed by atoms with Gasteiger partial charge >= 0.3 is 4.87 Å². The molecule has 1 N–H and O–H groups in total. The van der Waals surface area contributed by atoms with E-state index in [1.807, 2.05) is 19.1 Å². The number of para-hydroxylation sites is 1. The van der Waals surface area contributed by atoms with E-state index in [1.54, 1.807) is 12.1 Å². The summed E-state index contributed by atoms with van der Waals surface area (Å²) in [5.41, 5.74) is 1.36. The molecule has 0 atom stereocenters. The molecule has 0 fully saturated rings. The highest BCUT2D eigenvalue weighted by atomic mass is 32.1. The Labute approximate surface area is 144 Å². The number of hydrogen-bond acceptors (Lipinski definition) is 4. The van der Waals surface area contributed by atoms with Gasteiger partial charge in [-0.25, -0.2) is 13.9 Å². The lowest BCUT2D eigenvalue weighted by Gasteiger charge is -2.07. The predicted molar refractivity (Wildman–Crippen MR) is 91.0 cm³/mol. The van der Waals surface area contributed by atoms with Gasteiger partial charge in [-0.2, -0.15) is 0 Å². The Morgan fingerprint density at radius 3 is 2.68 bits per heavy atom. The van der Waals surface area contributed by atoms with Crippen molar-refractivity contribution in [1.29, 1.82) is 0 Å². The van der Waals surface area contributed by atoms with Crippen molar-refractivity contribution in [3.63, 3.8) is 0 Å². The van der Waals surface area contributed by atoms with Crippen molar-refractivity contribution >= 4 is 22.8 Å². The third-order valence-corrected chi connectivity index (χ3v) is 4.98. The van der Waals surface area contributed by atoms with E-state index in [4.69, 9.17) is 0 Å². The van der Waals surface area contributed by atoms with Crippen molar-refractivity contribution in [3.05, 3.63) is 79.0 Å². The first-order valence-electron chi connectivity index (χ1n) is 7.41. The summed E-state index contributed by atoms with van der Waals surface area (Å²) >= 11 is 0.732. The Morgan fingerprint density at radius 2 is 1.92 bits per heavy atom. The molecule has 1 aliphatic heterocycles. The van der Waals surface area contributed by atoms with E-state index in [0.717, 1.165) is 21.5 Å². The molecule has 1 aromatic heterocycles. The second-order valence-corrected chi connectivity index (χ2v) is 6.56. The first-order chi connectivity index (χ1) is 12.0. The van der Waals surface area contributed by atoms with E-state index in [0.29, 0.717) is 11.0 Å². The number of rotatable bonds is 2. The molecule has 124 valence electrons. The van der Waals surface area contributed by atoms with Gasteiger partial charge in [-0.15, -0.1) is 0 Å². The molecule has 0 aliphatic carbocycles. The summed E-state index contributed by atoms with van der Waals surface area (Å²) in [6, 6.07) is 10.9. The van der Waals surface area contributed by atoms with E-state index in [1.165, 1.54) is 18.2 Å². The number of fused-ring (bicyclic) bond motifs is 1. The van der Waals surface area contributed by atoms with E-state index < -0.39 is 16.6 Å². The van der Waals surface area contributed by atoms with Crippen LogP contribution < -0.4 is 15.4 Å². The number of benzene rings is 2. The minimum atomic E-state index is -0.603. The SMILES string of the molecule is Cc1ccccc1-n1c(O)c(C2=c3cc(F)ccc3=NC2=O)sc1=O. The lowest BCUT2D eigenvalue weighted by molar-refractivity contribution is -0.112. The normalized spacial score (nSPS) is 13.0. The number of halogens is 1. The maximum absolute atomic E-state index is 13.6. The van der Waals surface area contributed by atoms with E-state index >= 15 is 0 Å². The Morgan fingerprint density at radius 1 is 1.16 bits per heavy atom. The molecule has 7 heteroatoms. The second-order valence-electron chi connectivity index (χ2n) is 5.60. The third-order valence-electron chi connectivity index (χ3n) is 4.03. The molecular formula is C18H11FN2O3S. The van der Waals surface area contributed by atoms with Crippen LogP contribution in [0.25, 0.3) is 11.3 Å². The van der Waals surface area contributed by atoms with Crippen LogP contribution in [0.1, 0.15) is 10.4 Å². The highest BCUT2D eigenvalue weighted by Crippen LogP contribution is 2.31. The molecule has 4 rings (SSSR count). The molecule has 0 bridgehead atoms. The summed E-state index contributed by atoms with van der Waals surface area (Å²) < 4.78 is 14.7. The topological polar surface area (TPSA) is 71.7 Å². The Balaban J connectivity index is 2.04. The Kier molecular flexibility index (Phi) is 3.40. The van der Waals surface area contributed by atoms with E-state index in [-0.39, 0.29) is 21.5 Å². The van der Waals surface area contributed by atoms with Gasteiger partial charge in [0.25, 0.3) is 5.91 Å². The average molecular weight is 354 g/mol. The van der Waals surface area contributed by atoms with E-state index in [9.17, 15) is 19.1 Å². The molecule has 2 heterocycles. The summed E-state index contributed by atoms with van der Waals surface area (Å²) in [6.45, 7) is 1.81. The smallest absolute Gasteiger partial charge is 0.315 e. The van der Waals surface area contributed by atoms with Gasteiger partial charge in [-0.05, 0) is 36.8 Å². The number of thiazole rings is 1. The Bertz CT molecular complexity index is 1220. The largest absolute Gasteiger partial charge is 0.493 e. The van der Waals surface area contributed by atoms with Crippen molar-refractivity contribution in [2.75, 3.05) is 0 Å². The zero-order valence-corrected chi connectivity index (χ0v) is 13.8. The lowest BCUT2D eigenvalue weighted by atomic mass is 10.1. The minimum absolute atomic E-state index is 0.0430. The number of amides is 1. The average Bonchev–Trinajstić information content (AvgIpc) is 3.03. The van der Waals surface area contributed by atoms with Crippen LogP contribution in [0.15, 0.2) is 52.3 Å². The molecule has 1 amide bonds. The minimum Gasteiger partial charge on any atom is -0.493 e. The molecule has 5 nitrogen and oxygen atoms in total. The van der Waals surface area contributed by atoms with Crippen molar-refractivity contribution in [2.45, 2.75) is 6.92 Å². The summed E-state index contributed by atoms with van der Waals surface area (Å²) in [6.07, 6.45) is 0. The van der Waals surface area contributed by atoms with Gasteiger partial charge in [0, 0.05) is 5.22 Å². The highest BCUT2D eigenvalue weighted by Gasteiger charge is 2.27. The van der Waals surface area contributed by atoms with Gasteiger partial charge in [0.1, 0.15) is 10.7 Å². The van der Waals surface area contributed by atoms with Gasteiger partial charge in [-0.3, -0.25) is 9.59 Å². The molecular weight excluding hydrogens is 343 g/mol. The molecule has 0 spiro atoms. The van der Waals surface area contributed by atoms with Gasteiger partial charge in [-0.1, -0.05) is 29.5 Å². The highest BCUT2D eigenvalue weighted by molar-refractivity contribution is 7.11.